The van der Waals surface area contributed by atoms with Crippen molar-refractivity contribution in [1.82, 2.24) is 0 Å². The first-order valence-electron chi connectivity index (χ1n) is 5.44. The standard InChI is InChI=1S/C11H20O2/c1-3-4-5-6-7-10-8-9(2)11(12)13-10/h9-10H,3-8H2,1-2H3/t9-,10-/m1/s1. The minimum absolute atomic E-state index is 0.000455. The normalized spacial score (nSPS) is 27.7. The third kappa shape index (κ3) is 3.37. The topological polar surface area (TPSA) is 26.3 Å². The molecule has 13 heavy (non-hydrogen) atoms. The molecule has 76 valence electrons. The number of hydrogen-bond acceptors (Lipinski definition) is 2. The second-order valence-electron chi connectivity index (χ2n) is 4.04. The van der Waals surface area contributed by atoms with Gasteiger partial charge in [-0.2, -0.15) is 0 Å². The van der Waals surface area contributed by atoms with E-state index in [0.717, 1.165) is 12.8 Å². The Bertz CT molecular complexity index is 165. The summed E-state index contributed by atoms with van der Waals surface area (Å²) in [5, 5.41) is 0. The molecule has 0 radical (unpaired) electrons. The van der Waals surface area contributed by atoms with Crippen molar-refractivity contribution < 1.29 is 9.53 Å². The van der Waals surface area contributed by atoms with Gasteiger partial charge in [-0.05, 0) is 19.3 Å². The number of carbonyl (C=O) groups excluding carboxylic acids is 1. The fourth-order valence-corrected chi connectivity index (χ4v) is 1.79. The van der Waals surface area contributed by atoms with E-state index in [1.807, 2.05) is 6.92 Å². The highest BCUT2D eigenvalue weighted by atomic mass is 16.5. The van der Waals surface area contributed by atoms with Gasteiger partial charge in [-0.1, -0.05) is 33.1 Å². The Kier molecular flexibility index (Phi) is 4.26. The van der Waals surface area contributed by atoms with Gasteiger partial charge in [-0.25, -0.2) is 0 Å². The molecular formula is C11H20O2. The third-order valence-corrected chi connectivity index (χ3v) is 2.68. The van der Waals surface area contributed by atoms with Gasteiger partial charge in [-0.15, -0.1) is 0 Å². The number of hydrogen-bond donors (Lipinski definition) is 0. The SMILES string of the molecule is CCCCCC[C@@H]1C[C@@H](C)C(=O)O1. The molecule has 1 aliphatic rings. The molecule has 0 saturated carbocycles. The van der Waals surface area contributed by atoms with Crippen molar-refractivity contribution in [1.29, 1.82) is 0 Å². The molecule has 2 atom stereocenters. The van der Waals surface area contributed by atoms with Crippen LogP contribution in [0, 0.1) is 5.92 Å². The maximum absolute atomic E-state index is 11.1. The molecule has 0 spiro atoms. The fourth-order valence-electron chi connectivity index (χ4n) is 1.79. The Morgan fingerprint density at radius 3 is 2.69 bits per heavy atom. The van der Waals surface area contributed by atoms with Crippen LogP contribution >= 0.6 is 0 Å². The summed E-state index contributed by atoms with van der Waals surface area (Å²) >= 11 is 0. The molecule has 1 rings (SSSR count). The zero-order valence-electron chi connectivity index (χ0n) is 8.71. The van der Waals surface area contributed by atoms with Crippen LogP contribution in [0.25, 0.3) is 0 Å². The second kappa shape index (κ2) is 5.25. The van der Waals surface area contributed by atoms with Gasteiger partial charge in [0.05, 0.1) is 5.92 Å². The van der Waals surface area contributed by atoms with E-state index in [1.54, 1.807) is 0 Å². The predicted molar refractivity (Wildman–Crippen MR) is 52.4 cm³/mol. The predicted octanol–water partition coefficient (Wildman–Crippen LogP) is 2.91. The largest absolute Gasteiger partial charge is 0.462 e. The van der Waals surface area contributed by atoms with Crippen molar-refractivity contribution in [3.63, 3.8) is 0 Å². The molecule has 1 aliphatic heterocycles. The highest BCUT2D eigenvalue weighted by Gasteiger charge is 2.29. The van der Waals surface area contributed by atoms with Crippen molar-refractivity contribution in [2.75, 3.05) is 0 Å². The van der Waals surface area contributed by atoms with Crippen molar-refractivity contribution in [3.8, 4) is 0 Å². The summed E-state index contributed by atoms with van der Waals surface area (Å²) in [6.45, 7) is 4.16. The van der Waals surface area contributed by atoms with Crippen molar-refractivity contribution in [2.45, 2.75) is 58.5 Å². The third-order valence-electron chi connectivity index (χ3n) is 2.68. The van der Waals surface area contributed by atoms with Crippen LogP contribution in [0.3, 0.4) is 0 Å². The Morgan fingerprint density at radius 1 is 1.38 bits per heavy atom. The van der Waals surface area contributed by atoms with Gasteiger partial charge < -0.3 is 4.74 Å². The molecule has 0 aliphatic carbocycles. The van der Waals surface area contributed by atoms with Crippen LogP contribution in [0.2, 0.25) is 0 Å². The summed E-state index contributed by atoms with van der Waals surface area (Å²) in [4.78, 5) is 11.1. The molecule has 0 amide bonds. The lowest BCUT2D eigenvalue weighted by Crippen LogP contribution is -2.06. The highest BCUT2D eigenvalue weighted by molar-refractivity contribution is 5.74. The fraction of sp³-hybridized carbons (Fsp3) is 0.909. The van der Waals surface area contributed by atoms with Crippen LogP contribution in [0.15, 0.2) is 0 Å². The summed E-state index contributed by atoms with van der Waals surface area (Å²) in [6.07, 6.45) is 7.27. The van der Waals surface area contributed by atoms with E-state index >= 15 is 0 Å². The molecule has 1 saturated heterocycles. The molecule has 0 bridgehead atoms. The monoisotopic (exact) mass is 184 g/mol. The zero-order chi connectivity index (χ0) is 9.68. The smallest absolute Gasteiger partial charge is 0.309 e. The van der Waals surface area contributed by atoms with Crippen LogP contribution in [0.4, 0.5) is 0 Å². The molecule has 2 nitrogen and oxygen atoms in total. The number of carbonyl (C=O) groups is 1. The number of cyclic esters (lactones) is 1. The van der Waals surface area contributed by atoms with E-state index in [9.17, 15) is 4.79 Å². The lowest BCUT2D eigenvalue weighted by atomic mass is 10.0. The maximum atomic E-state index is 11.1. The Labute approximate surface area is 80.7 Å². The van der Waals surface area contributed by atoms with Crippen LogP contribution in [0.1, 0.15) is 52.4 Å². The lowest BCUT2D eigenvalue weighted by Gasteiger charge is -2.07. The van der Waals surface area contributed by atoms with Crippen LogP contribution in [0.5, 0.6) is 0 Å². The molecule has 0 unspecified atom stereocenters. The van der Waals surface area contributed by atoms with E-state index in [1.165, 1.54) is 25.7 Å². The molecule has 0 aromatic rings. The van der Waals surface area contributed by atoms with Gasteiger partial charge in [0.25, 0.3) is 0 Å². The Balaban J connectivity index is 2.07. The van der Waals surface area contributed by atoms with Gasteiger partial charge in [0.15, 0.2) is 0 Å². The number of esters is 1. The van der Waals surface area contributed by atoms with Crippen molar-refractivity contribution in [3.05, 3.63) is 0 Å². The molecule has 0 N–H and O–H groups in total. The van der Waals surface area contributed by atoms with Gasteiger partial charge in [0.1, 0.15) is 6.10 Å². The van der Waals surface area contributed by atoms with E-state index in [4.69, 9.17) is 4.74 Å². The van der Waals surface area contributed by atoms with E-state index in [0.29, 0.717) is 0 Å². The molecular weight excluding hydrogens is 164 g/mol. The van der Waals surface area contributed by atoms with E-state index in [2.05, 4.69) is 6.92 Å². The Morgan fingerprint density at radius 2 is 2.15 bits per heavy atom. The van der Waals surface area contributed by atoms with E-state index in [-0.39, 0.29) is 18.0 Å². The average Bonchev–Trinajstić information content (AvgIpc) is 2.41. The van der Waals surface area contributed by atoms with Gasteiger partial charge in [0.2, 0.25) is 0 Å². The Hall–Kier alpha value is -0.530. The van der Waals surface area contributed by atoms with Crippen LogP contribution in [-0.2, 0) is 9.53 Å². The van der Waals surface area contributed by atoms with Crippen molar-refractivity contribution in [2.24, 2.45) is 5.92 Å². The minimum atomic E-state index is 0.000455. The zero-order valence-corrected chi connectivity index (χ0v) is 8.71. The molecule has 0 aromatic heterocycles. The summed E-state index contributed by atoms with van der Waals surface area (Å²) in [5.41, 5.74) is 0. The molecule has 2 heteroatoms. The summed E-state index contributed by atoms with van der Waals surface area (Å²) in [5.74, 6) is 0.136. The minimum Gasteiger partial charge on any atom is -0.462 e. The van der Waals surface area contributed by atoms with Gasteiger partial charge >= 0.3 is 5.97 Å². The molecule has 0 aromatic carbocycles. The van der Waals surface area contributed by atoms with E-state index < -0.39 is 0 Å². The second-order valence-corrected chi connectivity index (χ2v) is 4.04. The highest BCUT2D eigenvalue weighted by Crippen LogP contribution is 2.24. The molecule has 1 heterocycles. The maximum Gasteiger partial charge on any atom is 0.309 e. The first-order chi connectivity index (χ1) is 6.24. The average molecular weight is 184 g/mol. The first-order valence-corrected chi connectivity index (χ1v) is 5.44. The van der Waals surface area contributed by atoms with Gasteiger partial charge in [0, 0.05) is 0 Å². The summed E-state index contributed by atoms with van der Waals surface area (Å²) in [7, 11) is 0. The molecule has 1 fully saturated rings. The summed E-state index contributed by atoms with van der Waals surface area (Å²) < 4.78 is 5.21. The number of ether oxygens (including phenoxy) is 1. The number of unbranched alkanes of at least 4 members (excludes halogenated alkanes) is 3. The summed E-state index contributed by atoms with van der Waals surface area (Å²) in [6, 6.07) is 0. The van der Waals surface area contributed by atoms with Crippen LogP contribution in [-0.4, -0.2) is 12.1 Å². The first kappa shape index (κ1) is 10.6. The lowest BCUT2D eigenvalue weighted by molar-refractivity contribution is -0.144. The van der Waals surface area contributed by atoms with Gasteiger partial charge in [-0.3, -0.25) is 4.79 Å². The van der Waals surface area contributed by atoms with Crippen LogP contribution < -0.4 is 0 Å². The van der Waals surface area contributed by atoms with Crippen molar-refractivity contribution >= 4 is 5.97 Å². The quantitative estimate of drug-likeness (QED) is 0.485. The number of rotatable bonds is 5.